The van der Waals surface area contributed by atoms with Gasteiger partial charge >= 0.3 is 5.97 Å². The number of carbonyl (C=O) groups is 1. The van der Waals surface area contributed by atoms with Gasteiger partial charge in [-0.05, 0) is 20.0 Å². The van der Waals surface area contributed by atoms with Gasteiger partial charge in [0, 0.05) is 5.57 Å². The van der Waals surface area contributed by atoms with Gasteiger partial charge in [-0.25, -0.2) is 4.79 Å². The summed E-state index contributed by atoms with van der Waals surface area (Å²) in [6.07, 6.45) is 0.506. The Kier molecular flexibility index (Phi) is 3.71. The maximum atomic E-state index is 10.1. The quantitative estimate of drug-likeness (QED) is 0.534. The first-order valence-electron chi connectivity index (χ1n) is 2.74. The van der Waals surface area contributed by atoms with Crippen LogP contribution in [-0.2, 0) is 4.79 Å². The molecule has 0 bridgehead atoms. The van der Waals surface area contributed by atoms with Crippen LogP contribution in [0.3, 0.4) is 0 Å². The molecule has 0 fully saturated rings. The first-order chi connectivity index (χ1) is 4.18. The maximum absolute atomic E-state index is 10.1. The fourth-order valence-corrected chi connectivity index (χ4v) is 0.383. The Morgan fingerprint density at radius 1 is 1.78 bits per heavy atom. The van der Waals surface area contributed by atoms with Crippen LogP contribution in [0.5, 0.6) is 0 Å². The molecule has 0 aliphatic heterocycles. The third kappa shape index (κ3) is 3.73. The summed E-state index contributed by atoms with van der Waals surface area (Å²) in [7, 11) is 1.77. The van der Waals surface area contributed by atoms with Gasteiger partial charge in [0.05, 0.1) is 0 Å². The van der Waals surface area contributed by atoms with Crippen LogP contribution in [0.15, 0.2) is 12.2 Å². The fourth-order valence-electron chi connectivity index (χ4n) is 0.383. The number of rotatable bonds is 4. The highest BCUT2D eigenvalue weighted by Gasteiger charge is 2.00. The monoisotopic (exact) mass is 129 g/mol. The molecule has 0 saturated carbocycles. The third-order valence-electron chi connectivity index (χ3n) is 0.979. The van der Waals surface area contributed by atoms with Gasteiger partial charge in [0.15, 0.2) is 0 Å². The van der Waals surface area contributed by atoms with E-state index in [1.165, 1.54) is 0 Å². The van der Waals surface area contributed by atoms with Gasteiger partial charge in [-0.3, -0.25) is 0 Å². The van der Waals surface area contributed by atoms with E-state index in [9.17, 15) is 4.79 Å². The minimum absolute atomic E-state index is 0.254. The van der Waals surface area contributed by atoms with Gasteiger partial charge in [0.2, 0.25) is 0 Å². The first-order valence-corrected chi connectivity index (χ1v) is 2.74. The number of carboxylic acid groups (broad SMARTS) is 1. The summed E-state index contributed by atoms with van der Waals surface area (Å²) < 4.78 is 0. The molecule has 0 saturated heterocycles. The Labute approximate surface area is 54.4 Å². The van der Waals surface area contributed by atoms with Gasteiger partial charge in [-0.15, -0.1) is 0 Å². The number of hydrogen-bond donors (Lipinski definition) is 2. The molecule has 0 heterocycles. The lowest BCUT2D eigenvalue weighted by atomic mass is 10.2. The van der Waals surface area contributed by atoms with Crippen LogP contribution in [0.25, 0.3) is 0 Å². The minimum Gasteiger partial charge on any atom is -0.478 e. The lowest BCUT2D eigenvalue weighted by Crippen LogP contribution is -2.11. The SMILES string of the molecule is C=C(CCNC)C(=O)O. The molecular weight excluding hydrogens is 118 g/mol. The predicted octanol–water partition coefficient (Wildman–Crippen LogP) is 0.237. The van der Waals surface area contributed by atoms with E-state index >= 15 is 0 Å². The van der Waals surface area contributed by atoms with Crippen LogP contribution in [0, 0.1) is 0 Å². The van der Waals surface area contributed by atoms with Crippen molar-refractivity contribution in [2.24, 2.45) is 0 Å². The van der Waals surface area contributed by atoms with Crippen LogP contribution in [0.2, 0.25) is 0 Å². The summed E-state index contributed by atoms with van der Waals surface area (Å²) in [5, 5.41) is 11.1. The molecule has 0 rings (SSSR count). The summed E-state index contributed by atoms with van der Waals surface area (Å²) in [4.78, 5) is 10.1. The van der Waals surface area contributed by atoms with Crippen molar-refractivity contribution in [3.05, 3.63) is 12.2 Å². The second-order valence-electron chi connectivity index (χ2n) is 1.76. The predicted molar refractivity (Wildman–Crippen MR) is 35.3 cm³/mol. The summed E-state index contributed by atoms with van der Waals surface area (Å²) in [5.41, 5.74) is 0.254. The second-order valence-corrected chi connectivity index (χ2v) is 1.76. The largest absolute Gasteiger partial charge is 0.478 e. The molecule has 0 radical (unpaired) electrons. The van der Waals surface area contributed by atoms with Gasteiger partial charge in [0.25, 0.3) is 0 Å². The Hall–Kier alpha value is -0.830. The van der Waals surface area contributed by atoms with E-state index < -0.39 is 5.97 Å². The Morgan fingerprint density at radius 3 is 2.67 bits per heavy atom. The van der Waals surface area contributed by atoms with Gasteiger partial charge < -0.3 is 10.4 Å². The zero-order valence-corrected chi connectivity index (χ0v) is 5.48. The number of hydrogen-bond acceptors (Lipinski definition) is 2. The van der Waals surface area contributed by atoms with Crippen molar-refractivity contribution in [3.63, 3.8) is 0 Å². The van der Waals surface area contributed by atoms with Crippen LogP contribution < -0.4 is 5.32 Å². The van der Waals surface area contributed by atoms with Gasteiger partial charge in [-0.1, -0.05) is 6.58 Å². The van der Waals surface area contributed by atoms with E-state index in [1.54, 1.807) is 7.05 Å². The molecule has 3 nitrogen and oxygen atoms in total. The van der Waals surface area contributed by atoms with E-state index in [0.717, 1.165) is 0 Å². The normalized spacial score (nSPS) is 9.00. The number of nitrogens with one attached hydrogen (secondary N) is 1. The molecule has 52 valence electrons. The smallest absolute Gasteiger partial charge is 0.330 e. The van der Waals surface area contributed by atoms with Crippen molar-refractivity contribution in [2.75, 3.05) is 13.6 Å². The average molecular weight is 129 g/mol. The number of aliphatic carboxylic acids is 1. The molecule has 0 aliphatic carbocycles. The molecule has 0 aromatic heterocycles. The number of carboxylic acids is 1. The van der Waals surface area contributed by atoms with E-state index in [-0.39, 0.29) is 5.57 Å². The lowest BCUT2D eigenvalue weighted by Gasteiger charge is -1.96. The highest BCUT2D eigenvalue weighted by molar-refractivity contribution is 5.85. The Balaban J connectivity index is 3.39. The molecule has 0 amide bonds. The molecule has 0 aliphatic rings. The molecule has 0 aromatic carbocycles. The van der Waals surface area contributed by atoms with Crippen molar-refractivity contribution in [3.8, 4) is 0 Å². The molecule has 0 spiro atoms. The summed E-state index contributed by atoms with van der Waals surface area (Å²) in [6, 6.07) is 0. The Morgan fingerprint density at radius 2 is 2.33 bits per heavy atom. The maximum Gasteiger partial charge on any atom is 0.330 e. The standard InChI is InChI=1S/C6H11NO2/c1-5(6(8)9)3-4-7-2/h7H,1,3-4H2,2H3,(H,8,9). The average Bonchev–Trinajstić information content (AvgIpc) is 1.82. The van der Waals surface area contributed by atoms with E-state index in [4.69, 9.17) is 5.11 Å². The fraction of sp³-hybridized carbons (Fsp3) is 0.500. The van der Waals surface area contributed by atoms with Crippen molar-refractivity contribution in [1.29, 1.82) is 0 Å². The highest BCUT2D eigenvalue weighted by Crippen LogP contribution is 1.94. The van der Waals surface area contributed by atoms with Crippen LogP contribution in [0.4, 0.5) is 0 Å². The molecule has 3 heteroatoms. The summed E-state index contributed by atoms with van der Waals surface area (Å²) >= 11 is 0. The third-order valence-corrected chi connectivity index (χ3v) is 0.979. The zero-order chi connectivity index (χ0) is 7.28. The molecule has 2 N–H and O–H groups in total. The van der Waals surface area contributed by atoms with E-state index in [1.807, 2.05) is 0 Å². The summed E-state index contributed by atoms with van der Waals surface area (Å²) in [5.74, 6) is -0.912. The van der Waals surface area contributed by atoms with Crippen molar-refractivity contribution >= 4 is 5.97 Å². The zero-order valence-electron chi connectivity index (χ0n) is 5.48. The van der Waals surface area contributed by atoms with Crippen LogP contribution >= 0.6 is 0 Å². The minimum atomic E-state index is -0.912. The van der Waals surface area contributed by atoms with Crippen molar-refractivity contribution in [1.82, 2.24) is 5.32 Å². The van der Waals surface area contributed by atoms with Crippen LogP contribution in [-0.4, -0.2) is 24.7 Å². The van der Waals surface area contributed by atoms with Crippen molar-refractivity contribution in [2.45, 2.75) is 6.42 Å². The van der Waals surface area contributed by atoms with Gasteiger partial charge in [0.1, 0.15) is 0 Å². The molecule has 0 aromatic rings. The molecular formula is C6H11NO2. The first kappa shape index (κ1) is 8.17. The molecule has 0 atom stereocenters. The van der Waals surface area contributed by atoms with Crippen LogP contribution in [0.1, 0.15) is 6.42 Å². The lowest BCUT2D eigenvalue weighted by molar-refractivity contribution is -0.132. The molecule has 9 heavy (non-hydrogen) atoms. The highest BCUT2D eigenvalue weighted by atomic mass is 16.4. The van der Waals surface area contributed by atoms with E-state index in [0.29, 0.717) is 13.0 Å². The second kappa shape index (κ2) is 4.09. The van der Waals surface area contributed by atoms with Gasteiger partial charge in [-0.2, -0.15) is 0 Å². The van der Waals surface area contributed by atoms with Crippen molar-refractivity contribution < 1.29 is 9.90 Å². The topological polar surface area (TPSA) is 49.3 Å². The Bertz CT molecular complexity index is 120. The van der Waals surface area contributed by atoms with E-state index in [2.05, 4.69) is 11.9 Å². The molecule has 0 unspecified atom stereocenters. The summed E-state index contributed by atoms with van der Waals surface area (Å²) in [6.45, 7) is 4.02.